The number of fused-ring (bicyclic) bond motifs is 1. The lowest BCUT2D eigenvalue weighted by molar-refractivity contribution is -0.0650. The van der Waals surface area contributed by atoms with E-state index in [4.69, 9.17) is 15.6 Å². The van der Waals surface area contributed by atoms with Crippen LogP contribution < -0.4 is 5.73 Å². The minimum absolute atomic E-state index is 0.0233. The van der Waals surface area contributed by atoms with Crippen LogP contribution >= 0.6 is 0 Å². The summed E-state index contributed by atoms with van der Waals surface area (Å²) in [4.78, 5) is 8.32. The zero-order chi connectivity index (χ0) is 16.9. The maximum atomic E-state index is 11.5. The summed E-state index contributed by atoms with van der Waals surface area (Å²) < 4.78 is 28.3. The summed E-state index contributed by atoms with van der Waals surface area (Å²) >= 11 is 0. The summed E-state index contributed by atoms with van der Waals surface area (Å²) in [5.41, 5.74) is 5.58. The molecule has 0 radical (unpaired) electrons. The monoisotopic (exact) mass is 346 g/mol. The highest BCUT2D eigenvalue weighted by Crippen LogP contribution is 2.29. The second-order valence-electron chi connectivity index (χ2n) is 5.09. The van der Waals surface area contributed by atoms with E-state index < -0.39 is 46.1 Å². The standard InChI is InChI=1S/C10H14N6O6S/c1-23(20,21)10-12-7(11)4-8(13-10)15-16(14-4)9-6(19)5(18)3(2-17)22-9/h3,5-6,9,17-19H,2H2,1H3,(H2,11,12,13,15)/t3-,5-,6-,9-/m1/s1. The number of nitrogens with zero attached hydrogens (tertiary/aromatic N) is 5. The molecule has 4 atom stereocenters. The molecule has 5 N–H and O–H groups in total. The Hall–Kier alpha value is -1.93. The summed E-state index contributed by atoms with van der Waals surface area (Å²) in [5.74, 6) is -0.201. The molecule has 0 unspecified atom stereocenters. The number of anilines is 1. The largest absolute Gasteiger partial charge is 0.394 e. The number of sulfone groups is 1. The molecule has 3 rings (SSSR count). The Morgan fingerprint density at radius 1 is 1.26 bits per heavy atom. The first-order valence-corrected chi connectivity index (χ1v) is 8.34. The number of hydrogen-bond acceptors (Lipinski definition) is 11. The molecule has 2 aromatic rings. The SMILES string of the molecule is CS(=O)(=O)c1nc(N)c2nn([C@@H]3O[C@H](CO)[C@@H](O)[C@H]3O)nc2n1. The van der Waals surface area contributed by atoms with Gasteiger partial charge in [0.2, 0.25) is 15.5 Å². The van der Waals surface area contributed by atoms with Crippen LogP contribution in [0.15, 0.2) is 5.16 Å². The topological polar surface area (TPSA) is 187 Å². The summed E-state index contributed by atoms with van der Waals surface area (Å²) in [6.45, 7) is -0.504. The summed E-state index contributed by atoms with van der Waals surface area (Å²) in [7, 11) is -3.69. The van der Waals surface area contributed by atoms with Crippen LogP contribution in [0.5, 0.6) is 0 Å². The molecule has 0 spiro atoms. The second-order valence-corrected chi connectivity index (χ2v) is 6.99. The van der Waals surface area contributed by atoms with Crippen LogP contribution in [0.3, 0.4) is 0 Å². The smallest absolute Gasteiger partial charge is 0.250 e. The molecule has 2 aromatic heterocycles. The van der Waals surface area contributed by atoms with Crippen molar-refractivity contribution < 1.29 is 28.5 Å². The maximum absolute atomic E-state index is 11.5. The third kappa shape index (κ3) is 2.61. The number of rotatable bonds is 3. The van der Waals surface area contributed by atoms with Gasteiger partial charge in [-0.15, -0.1) is 15.0 Å². The van der Waals surface area contributed by atoms with Crippen molar-refractivity contribution >= 4 is 26.8 Å². The molecule has 1 fully saturated rings. The van der Waals surface area contributed by atoms with Gasteiger partial charge in [0.25, 0.3) is 5.16 Å². The average molecular weight is 346 g/mol. The van der Waals surface area contributed by atoms with Gasteiger partial charge in [0.15, 0.2) is 17.6 Å². The zero-order valence-corrected chi connectivity index (χ0v) is 12.6. The maximum Gasteiger partial charge on any atom is 0.250 e. The molecule has 23 heavy (non-hydrogen) atoms. The van der Waals surface area contributed by atoms with Crippen molar-refractivity contribution in [3.05, 3.63) is 0 Å². The highest BCUT2D eigenvalue weighted by Gasteiger charge is 2.44. The van der Waals surface area contributed by atoms with E-state index in [0.29, 0.717) is 0 Å². The molecule has 1 aliphatic heterocycles. The van der Waals surface area contributed by atoms with Crippen molar-refractivity contribution in [2.75, 3.05) is 18.6 Å². The van der Waals surface area contributed by atoms with Gasteiger partial charge in [-0.2, -0.15) is 9.97 Å². The number of nitrogens with two attached hydrogens (primary N) is 1. The molecule has 0 aromatic carbocycles. The normalized spacial score (nSPS) is 28.5. The quantitative estimate of drug-likeness (QED) is 0.410. The molecule has 1 saturated heterocycles. The first kappa shape index (κ1) is 15.9. The highest BCUT2D eigenvalue weighted by atomic mass is 32.2. The lowest BCUT2D eigenvalue weighted by Gasteiger charge is -2.12. The minimum Gasteiger partial charge on any atom is -0.394 e. The van der Waals surface area contributed by atoms with Crippen LogP contribution in [0.25, 0.3) is 11.2 Å². The Kier molecular flexibility index (Phi) is 3.68. The predicted molar refractivity (Wildman–Crippen MR) is 73.6 cm³/mol. The van der Waals surface area contributed by atoms with E-state index in [1.165, 1.54) is 0 Å². The number of aliphatic hydroxyl groups excluding tert-OH is 3. The number of hydrogen-bond donors (Lipinski definition) is 4. The Labute approximate surface area is 129 Å². The van der Waals surface area contributed by atoms with Gasteiger partial charge in [0, 0.05) is 6.26 Å². The fourth-order valence-electron chi connectivity index (χ4n) is 2.18. The highest BCUT2D eigenvalue weighted by molar-refractivity contribution is 7.90. The van der Waals surface area contributed by atoms with Crippen molar-refractivity contribution in [1.29, 1.82) is 0 Å². The Morgan fingerprint density at radius 2 is 1.96 bits per heavy atom. The van der Waals surface area contributed by atoms with Gasteiger partial charge in [-0.3, -0.25) is 0 Å². The third-order valence-corrected chi connectivity index (χ3v) is 4.19. The van der Waals surface area contributed by atoms with E-state index in [9.17, 15) is 18.6 Å². The van der Waals surface area contributed by atoms with E-state index in [-0.39, 0.29) is 17.0 Å². The van der Waals surface area contributed by atoms with Gasteiger partial charge in [0.1, 0.15) is 18.3 Å². The third-order valence-electron chi connectivity index (χ3n) is 3.35. The Bertz CT molecular complexity index is 853. The summed E-state index contributed by atoms with van der Waals surface area (Å²) in [5, 5.41) is 36.1. The molecule has 0 bridgehead atoms. The molecular weight excluding hydrogens is 332 g/mol. The Balaban J connectivity index is 2.06. The number of aliphatic hydroxyl groups is 3. The number of ether oxygens (including phenoxy) is 1. The fraction of sp³-hybridized carbons (Fsp3) is 0.600. The predicted octanol–water partition coefficient (Wildman–Crippen LogP) is -3.18. The van der Waals surface area contributed by atoms with Crippen molar-refractivity contribution in [3.8, 4) is 0 Å². The van der Waals surface area contributed by atoms with Gasteiger partial charge in [-0.25, -0.2) is 8.42 Å². The van der Waals surface area contributed by atoms with Crippen molar-refractivity contribution in [1.82, 2.24) is 25.0 Å². The van der Waals surface area contributed by atoms with Crippen LogP contribution in [0.2, 0.25) is 0 Å². The van der Waals surface area contributed by atoms with E-state index in [0.717, 1.165) is 11.1 Å². The molecule has 1 aliphatic rings. The Morgan fingerprint density at radius 3 is 2.52 bits per heavy atom. The second kappa shape index (κ2) is 5.31. The van der Waals surface area contributed by atoms with Gasteiger partial charge < -0.3 is 25.8 Å². The molecule has 13 heteroatoms. The van der Waals surface area contributed by atoms with E-state index in [2.05, 4.69) is 20.2 Å². The lowest BCUT2D eigenvalue weighted by atomic mass is 10.1. The van der Waals surface area contributed by atoms with Gasteiger partial charge in [-0.05, 0) is 0 Å². The summed E-state index contributed by atoms with van der Waals surface area (Å²) in [6.07, 6.45) is -3.98. The van der Waals surface area contributed by atoms with Crippen molar-refractivity contribution in [2.45, 2.75) is 29.7 Å². The zero-order valence-electron chi connectivity index (χ0n) is 11.8. The average Bonchev–Trinajstić information content (AvgIpc) is 3.01. The van der Waals surface area contributed by atoms with E-state index in [1.54, 1.807) is 0 Å². The molecular formula is C10H14N6O6S. The molecule has 0 amide bonds. The first-order chi connectivity index (χ1) is 10.7. The van der Waals surface area contributed by atoms with Crippen LogP contribution in [0, 0.1) is 0 Å². The summed E-state index contributed by atoms with van der Waals surface area (Å²) in [6, 6.07) is 0. The first-order valence-electron chi connectivity index (χ1n) is 6.45. The fourth-order valence-corrected chi connectivity index (χ4v) is 2.69. The van der Waals surface area contributed by atoms with Gasteiger partial charge in [-0.1, -0.05) is 0 Å². The van der Waals surface area contributed by atoms with Crippen LogP contribution in [0.4, 0.5) is 5.82 Å². The molecule has 126 valence electrons. The molecule has 3 heterocycles. The van der Waals surface area contributed by atoms with Gasteiger partial charge >= 0.3 is 0 Å². The van der Waals surface area contributed by atoms with E-state index >= 15 is 0 Å². The lowest BCUT2D eigenvalue weighted by Crippen LogP contribution is -2.33. The number of nitrogen functional groups attached to an aromatic ring is 1. The van der Waals surface area contributed by atoms with Crippen molar-refractivity contribution in [3.63, 3.8) is 0 Å². The molecule has 0 saturated carbocycles. The van der Waals surface area contributed by atoms with E-state index in [1.807, 2.05) is 0 Å². The minimum atomic E-state index is -3.69. The molecule has 0 aliphatic carbocycles. The van der Waals surface area contributed by atoms with Crippen LogP contribution in [-0.4, -0.2) is 79.9 Å². The van der Waals surface area contributed by atoms with Crippen LogP contribution in [0.1, 0.15) is 6.23 Å². The van der Waals surface area contributed by atoms with Crippen molar-refractivity contribution in [2.24, 2.45) is 0 Å². The van der Waals surface area contributed by atoms with Gasteiger partial charge in [0.05, 0.1) is 6.61 Å². The number of aromatic nitrogens is 5. The van der Waals surface area contributed by atoms with Crippen LogP contribution in [-0.2, 0) is 14.6 Å². The molecule has 12 nitrogen and oxygen atoms in total.